The molecule has 0 bridgehead atoms. The third kappa shape index (κ3) is 4.61. The van der Waals surface area contributed by atoms with Gasteiger partial charge in [-0.05, 0) is 43.9 Å². The summed E-state index contributed by atoms with van der Waals surface area (Å²) in [4.78, 5) is 24.1. The zero-order valence-electron chi connectivity index (χ0n) is 16.2. The van der Waals surface area contributed by atoms with E-state index in [2.05, 4.69) is 11.4 Å². The summed E-state index contributed by atoms with van der Waals surface area (Å²) in [7, 11) is 0.181. The summed E-state index contributed by atoms with van der Waals surface area (Å²) in [5.74, 6) is -1.29. The number of ether oxygens (including phenoxy) is 2. The molecule has 0 spiro atoms. The largest absolute Gasteiger partial charge is 0.495 e. The third-order valence-corrected chi connectivity index (χ3v) is 6.35. The van der Waals surface area contributed by atoms with Gasteiger partial charge in [0.15, 0.2) is 6.61 Å². The van der Waals surface area contributed by atoms with Crippen LogP contribution in [-0.4, -0.2) is 58.0 Å². The minimum absolute atomic E-state index is 0.0423. The molecule has 0 saturated heterocycles. The molecule has 152 valence electrons. The first-order valence-corrected chi connectivity index (χ1v) is 9.99. The highest BCUT2D eigenvalue weighted by atomic mass is 32.2. The normalized spacial score (nSPS) is 16.0. The summed E-state index contributed by atoms with van der Waals surface area (Å²) in [6.45, 7) is 1.05. The van der Waals surface area contributed by atoms with Crippen molar-refractivity contribution in [1.29, 1.82) is 5.26 Å². The molecule has 1 aromatic carbocycles. The van der Waals surface area contributed by atoms with Crippen LogP contribution in [0.5, 0.6) is 5.75 Å². The fraction of sp³-hybridized carbons (Fsp3) is 0.500. The highest BCUT2D eigenvalue weighted by molar-refractivity contribution is 7.89. The average Bonchev–Trinajstić information content (AvgIpc) is 3.51. The Morgan fingerprint density at radius 3 is 2.50 bits per heavy atom. The Morgan fingerprint density at radius 1 is 1.36 bits per heavy atom. The molecule has 1 saturated carbocycles. The first kappa shape index (κ1) is 21.7. The summed E-state index contributed by atoms with van der Waals surface area (Å²) in [6.07, 6.45) is 1.72. The monoisotopic (exact) mass is 409 g/mol. The molecule has 1 aliphatic rings. The van der Waals surface area contributed by atoms with Crippen molar-refractivity contribution in [2.24, 2.45) is 5.92 Å². The van der Waals surface area contributed by atoms with Gasteiger partial charge in [0.25, 0.3) is 5.91 Å². The maximum absolute atomic E-state index is 12.4. The predicted octanol–water partition coefficient (Wildman–Crippen LogP) is 0.911. The summed E-state index contributed by atoms with van der Waals surface area (Å²) in [6, 6.07) is 5.90. The zero-order chi connectivity index (χ0) is 21.1. The van der Waals surface area contributed by atoms with E-state index in [1.165, 1.54) is 33.3 Å². The standard InChI is InChI=1S/C18H23N3O6S/c1-18(11-19,13-6-7-13)20-16(22)10-27-17(23)12-5-8-14(26-4)15(9-12)28(24,25)21(2)3/h5,8-9,13H,6-7,10H2,1-4H3,(H,20,22)/t18-/m1/s1. The Hall–Kier alpha value is -2.64. The Morgan fingerprint density at radius 2 is 2.00 bits per heavy atom. The minimum Gasteiger partial charge on any atom is -0.495 e. The van der Waals surface area contributed by atoms with E-state index in [4.69, 9.17) is 9.47 Å². The highest BCUT2D eigenvalue weighted by Crippen LogP contribution is 2.39. The second kappa shape index (κ2) is 8.16. The lowest BCUT2D eigenvalue weighted by atomic mass is 9.98. The molecule has 28 heavy (non-hydrogen) atoms. The van der Waals surface area contributed by atoms with Crippen LogP contribution in [0.2, 0.25) is 0 Å². The molecule has 10 heteroatoms. The van der Waals surface area contributed by atoms with Gasteiger partial charge < -0.3 is 14.8 Å². The highest BCUT2D eigenvalue weighted by Gasteiger charge is 2.43. The maximum Gasteiger partial charge on any atom is 0.338 e. The molecule has 0 aliphatic heterocycles. The number of methoxy groups -OCH3 is 1. The van der Waals surface area contributed by atoms with Gasteiger partial charge in [0.05, 0.1) is 18.7 Å². The van der Waals surface area contributed by atoms with Crippen molar-refractivity contribution in [1.82, 2.24) is 9.62 Å². The van der Waals surface area contributed by atoms with Crippen LogP contribution in [-0.2, 0) is 19.6 Å². The van der Waals surface area contributed by atoms with Gasteiger partial charge in [-0.2, -0.15) is 5.26 Å². The van der Waals surface area contributed by atoms with E-state index in [1.807, 2.05) is 0 Å². The molecule has 1 amide bonds. The number of hydrogen-bond donors (Lipinski definition) is 1. The van der Waals surface area contributed by atoms with Gasteiger partial charge in [-0.15, -0.1) is 0 Å². The number of nitriles is 1. The molecular formula is C18H23N3O6S. The van der Waals surface area contributed by atoms with Crippen molar-refractivity contribution in [3.8, 4) is 11.8 Å². The van der Waals surface area contributed by atoms with Crippen LogP contribution < -0.4 is 10.1 Å². The molecule has 1 N–H and O–H groups in total. The van der Waals surface area contributed by atoms with Gasteiger partial charge in [-0.1, -0.05) is 0 Å². The SMILES string of the molecule is COc1ccc(C(=O)OCC(=O)N[C@](C)(C#N)C2CC2)cc1S(=O)(=O)N(C)C. The van der Waals surface area contributed by atoms with Crippen molar-refractivity contribution in [2.75, 3.05) is 27.8 Å². The van der Waals surface area contributed by atoms with Crippen molar-refractivity contribution in [2.45, 2.75) is 30.2 Å². The fourth-order valence-electron chi connectivity index (χ4n) is 2.62. The van der Waals surface area contributed by atoms with Gasteiger partial charge >= 0.3 is 5.97 Å². The number of carbonyl (C=O) groups excluding carboxylic acids is 2. The average molecular weight is 409 g/mol. The summed E-state index contributed by atoms with van der Waals surface area (Å²) in [5, 5.41) is 11.8. The summed E-state index contributed by atoms with van der Waals surface area (Å²) >= 11 is 0. The Kier molecular flexibility index (Phi) is 6.31. The van der Waals surface area contributed by atoms with Crippen LogP contribution >= 0.6 is 0 Å². The van der Waals surface area contributed by atoms with E-state index >= 15 is 0 Å². The molecule has 0 aromatic heterocycles. The van der Waals surface area contributed by atoms with Gasteiger partial charge in [0.2, 0.25) is 10.0 Å². The molecule has 1 atom stereocenters. The number of hydrogen-bond acceptors (Lipinski definition) is 7. The van der Waals surface area contributed by atoms with Gasteiger partial charge in [-0.3, -0.25) is 4.79 Å². The van der Waals surface area contributed by atoms with Crippen LogP contribution in [0.15, 0.2) is 23.1 Å². The number of benzene rings is 1. The molecule has 1 aromatic rings. The molecular weight excluding hydrogens is 386 g/mol. The molecule has 9 nitrogen and oxygen atoms in total. The predicted molar refractivity (Wildman–Crippen MR) is 99.0 cm³/mol. The number of rotatable bonds is 8. The second-order valence-electron chi connectivity index (χ2n) is 6.87. The van der Waals surface area contributed by atoms with Crippen molar-refractivity contribution < 1.29 is 27.5 Å². The number of nitrogens with zero attached hydrogens (tertiary/aromatic N) is 2. The van der Waals surface area contributed by atoms with Gasteiger partial charge in [-0.25, -0.2) is 17.5 Å². The van der Waals surface area contributed by atoms with E-state index in [0.29, 0.717) is 0 Å². The van der Waals surface area contributed by atoms with Crippen LogP contribution in [0.3, 0.4) is 0 Å². The fourth-order valence-corrected chi connectivity index (χ4v) is 3.70. The number of nitrogens with one attached hydrogen (secondary N) is 1. The molecule has 0 radical (unpaired) electrons. The number of carbonyl (C=O) groups is 2. The van der Waals surface area contributed by atoms with Crippen LogP contribution in [0, 0.1) is 17.2 Å². The zero-order valence-corrected chi connectivity index (χ0v) is 17.0. The van der Waals surface area contributed by atoms with Crippen molar-refractivity contribution >= 4 is 21.9 Å². The summed E-state index contributed by atoms with van der Waals surface area (Å²) in [5.41, 5.74) is -1.03. The number of sulfonamides is 1. The van der Waals surface area contributed by atoms with E-state index in [-0.39, 0.29) is 22.1 Å². The Bertz CT molecular complexity index is 918. The Balaban J connectivity index is 2.10. The molecule has 0 heterocycles. The van der Waals surface area contributed by atoms with E-state index in [0.717, 1.165) is 23.2 Å². The molecule has 0 unspecified atom stereocenters. The van der Waals surface area contributed by atoms with Gasteiger partial charge in [0.1, 0.15) is 16.2 Å². The topological polar surface area (TPSA) is 126 Å². The molecule has 1 fully saturated rings. The van der Waals surface area contributed by atoms with E-state index in [9.17, 15) is 23.3 Å². The minimum atomic E-state index is -3.85. The maximum atomic E-state index is 12.4. The quantitative estimate of drug-likeness (QED) is 0.633. The lowest BCUT2D eigenvalue weighted by molar-refractivity contribution is -0.125. The number of amides is 1. The summed E-state index contributed by atoms with van der Waals surface area (Å²) < 4.78 is 35.8. The van der Waals surface area contributed by atoms with E-state index < -0.39 is 34.0 Å². The third-order valence-electron chi connectivity index (χ3n) is 4.52. The van der Waals surface area contributed by atoms with Gasteiger partial charge in [0, 0.05) is 14.1 Å². The first-order chi connectivity index (χ1) is 13.0. The lowest BCUT2D eigenvalue weighted by Gasteiger charge is -2.22. The Labute approximate surface area is 164 Å². The van der Waals surface area contributed by atoms with Crippen molar-refractivity contribution in [3.63, 3.8) is 0 Å². The smallest absolute Gasteiger partial charge is 0.338 e. The van der Waals surface area contributed by atoms with Crippen LogP contribution in [0.1, 0.15) is 30.1 Å². The molecule has 2 rings (SSSR count). The van der Waals surface area contributed by atoms with Crippen molar-refractivity contribution in [3.05, 3.63) is 23.8 Å². The van der Waals surface area contributed by atoms with Crippen LogP contribution in [0.25, 0.3) is 0 Å². The lowest BCUT2D eigenvalue weighted by Crippen LogP contribution is -2.48. The first-order valence-electron chi connectivity index (χ1n) is 8.55. The molecule has 1 aliphatic carbocycles. The number of esters is 1. The van der Waals surface area contributed by atoms with E-state index in [1.54, 1.807) is 6.92 Å². The second-order valence-corrected chi connectivity index (χ2v) is 8.99. The van der Waals surface area contributed by atoms with Crippen LogP contribution in [0.4, 0.5) is 0 Å².